The molecule has 2 nitrogen and oxygen atoms in total. The van der Waals surface area contributed by atoms with Gasteiger partial charge in [0, 0.05) is 49.2 Å². The Balaban J connectivity index is 1.04. The van der Waals surface area contributed by atoms with E-state index in [4.69, 9.17) is 8.83 Å². The Labute approximate surface area is 425 Å². The van der Waals surface area contributed by atoms with Crippen molar-refractivity contribution < 1.29 is 8.83 Å². The second-order valence-corrected chi connectivity index (χ2v) is 19.7. The fraction of sp³-hybridized carbons (Fsp3) is 0. The van der Waals surface area contributed by atoms with Gasteiger partial charge in [0.05, 0.1) is 0 Å². The first-order chi connectivity index (χ1) is 36.7. The predicted molar refractivity (Wildman–Crippen MR) is 313 cm³/mol. The van der Waals surface area contributed by atoms with E-state index in [2.05, 4.69) is 255 Å². The lowest BCUT2D eigenvalue weighted by atomic mass is 9.82. The minimum atomic E-state index is 0.852. The molecular formula is C72H42O2. The van der Waals surface area contributed by atoms with E-state index in [1.54, 1.807) is 0 Å². The van der Waals surface area contributed by atoms with Crippen LogP contribution in [0.3, 0.4) is 0 Å². The van der Waals surface area contributed by atoms with E-state index in [1.807, 2.05) is 0 Å². The number of rotatable bonds is 5. The molecule has 0 fully saturated rings. The van der Waals surface area contributed by atoms with Crippen LogP contribution < -0.4 is 0 Å². The molecule has 0 radical (unpaired) electrons. The number of benzene rings is 14. The van der Waals surface area contributed by atoms with E-state index in [-0.39, 0.29) is 0 Å². The lowest BCUT2D eigenvalue weighted by Crippen LogP contribution is -1.93. The van der Waals surface area contributed by atoms with Crippen molar-refractivity contribution in [2.75, 3.05) is 0 Å². The van der Waals surface area contributed by atoms with Crippen molar-refractivity contribution in [2.45, 2.75) is 0 Å². The second kappa shape index (κ2) is 15.9. The van der Waals surface area contributed by atoms with Gasteiger partial charge >= 0.3 is 0 Å². The molecule has 0 spiro atoms. The molecule has 0 saturated heterocycles. The zero-order valence-corrected chi connectivity index (χ0v) is 40.1. The van der Waals surface area contributed by atoms with Crippen molar-refractivity contribution in [3.05, 3.63) is 255 Å². The van der Waals surface area contributed by atoms with Gasteiger partial charge in [0.25, 0.3) is 0 Å². The highest BCUT2D eigenvalue weighted by atomic mass is 16.3. The molecule has 342 valence electrons. The van der Waals surface area contributed by atoms with Crippen LogP contribution in [0.5, 0.6) is 0 Å². The molecule has 16 rings (SSSR count). The summed E-state index contributed by atoms with van der Waals surface area (Å²) in [6, 6.07) is 92.9. The predicted octanol–water partition coefficient (Wildman–Crippen LogP) is 20.7. The highest BCUT2D eigenvalue weighted by Crippen LogP contribution is 2.53. The third-order valence-electron chi connectivity index (χ3n) is 15.8. The summed E-state index contributed by atoms with van der Waals surface area (Å²) in [6.45, 7) is 0. The fourth-order valence-corrected chi connectivity index (χ4v) is 12.8. The highest BCUT2D eigenvalue weighted by molar-refractivity contribution is 6.37. The zero-order valence-electron chi connectivity index (χ0n) is 40.1. The molecule has 0 saturated carbocycles. The van der Waals surface area contributed by atoms with Gasteiger partial charge in [-0.05, 0) is 123 Å². The summed E-state index contributed by atoms with van der Waals surface area (Å²) < 4.78 is 14.5. The average molecular weight is 939 g/mol. The summed E-state index contributed by atoms with van der Waals surface area (Å²) in [7, 11) is 0. The SMILES string of the molecule is c1ccc(-c2c3ccccc3c(-c3cc4cc(-c5c6ccccc6c(-c6cccc(-c7cccc8ccccc78)c6)c6ccccc56)c5oc6ccccc6c5c4c4c3oc3ccccc34)c3ccccc23)cc1. The van der Waals surface area contributed by atoms with E-state index in [0.717, 1.165) is 76.9 Å². The summed E-state index contributed by atoms with van der Waals surface area (Å²) in [5.74, 6) is 0. The Kier molecular flexibility index (Phi) is 8.78. The lowest BCUT2D eigenvalue weighted by Gasteiger charge is -2.20. The second-order valence-electron chi connectivity index (χ2n) is 19.7. The van der Waals surface area contributed by atoms with Crippen LogP contribution in [0.15, 0.2) is 264 Å². The van der Waals surface area contributed by atoms with Crippen molar-refractivity contribution in [3.8, 4) is 55.6 Å². The number of furan rings is 2. The first-order valence-electron chi connectivity index (χ1n) is 25.5. The van der Waals surface area contributed by atoms with Gasteiger partial charge in [-0.2, -0.15) is 0 Å². The standard InChI is InChI=1S/C72H42O2/c1-2-21-44(22-3-1)64-50-27-6-10-31-54(50)67(55-32-11-7-28-51(55)64)60-41-47-42-61(72-70(59-36-15-17-39-63(59)74-72)66(47)69-58-35-14-16-38-62(58)73-71(60)69)68-56-33-12-8-29-52(56)65(53-30-9-13-34-57(53)68)46-25-18-24-45(40-46)49-37-19-23-43-20-4-5-26-48(43)49/h1-42H. The molecule has 0 aliphatic rings. The molecule has 0 atom stereocenters. The van der Waals surface area contributed by atoms with E-state index in [1.165, 1.54) is 87.2 Å². The fourth-order valence-electron chi connectivity index (χ4n) is 12.8. The summed E-state index contributed by atoms with van der Waals surface area (Å²) >= 11 is 0. The largest absolute Gasteiger partial charge is 0.455 e. The molecule has 0 bridgehead atoms. The topological polar surface area (TPSA) is 26.3 Å². The molecule has 0 N–H and O–H groups in total. The van der Waals surface area contributed by atoms with Gasteiger partial charge in [-0.15, -0.1) is 0 Å². The Morgan fingerprint density at radius 1 is 0.203 bits per heavy atom. The van der Waals surface area contributed by atoms with Crippen LogP contribution in [0.1, 0.15) is 0 Å². The molecule has 2 aromatic heterocycles. The van der Waals surface area contributed by atoms with E-state index < -0.39 is 0 Å². The molecule has 14 aromatic carbocycles. The van der Waals surface area contributed by atoms with Gasteiger partial charge in [-0.1, -0.05) is 224 Å². The zero-order chi connectivity index (χ0) is 48.4. The molecule has 0 aliphatic carbocycles. The molecule has 74 heavy (non-hydrogen) atoms. The molecular weight excluding hydrogens is 897 g/mol. The van der Waals surface area contributed by atoms with Crippen LogP contribution in [0.25, 0.3) is 164 Å². The van der Waals surface area contributed by atoms with Crippen LogP contribution in [0, 0.1) is 0 Å². The van der Waals surface area contributed by atoms with Gasteiger partial charge in [-0.25, -0.2) is 0 Å². The van der Waals surface area contributed by atoms with Crippen molar-refractivity contribution in [1.82, 2.24) is 0 Å². The van der Waals surface area contributed by atoms with Gasteiger partial charge in [0.15, 0.2) is 0 Å². The maximum Gasteiger partial charge on any atom is 0.143 e. The minimum absolute atomic E-state index is 0.852. The van der Waals surface area contributed by atoms with E-state index in [0.29, 0.717) is 0 Å². The summed E-state index contributed by atoms with van der Waals surface area (Å²) in [5.41, 5.74) is 15.1. The van der Waals surface area contributed by atoms with Crippen molar-refractivity contribution in [2.24, 2.45) is 0 Å². The molecule has 0 aliphatic heterocycles. The molecule has 0 amide bonds. The van der Waals surface area contributed by atoms with Gasteiger partial charge in [-0.3, -0.25) is 0 Å². The van der Waals surface area contributed by atoms with E-state index in [9.17, 15) is 0 Å². The van der Waals surface area contributed by atoms with E-state index >= 15 is 0 Å². The lowest BCUT2D eigenvalue weighted by molar-refractivity contribution is 0.670. The monoisotopic (exact) mass is 938 g/mol. The van der Waals surface area contributed by atoms with Gasteiger partial charge < -0.3 is 8.83 Å². The number of para-hydroxylation sites is 2. The van der Waals surface area contributed by atoms with Gasteiger partial charge in [0.1, 0.15) is 22.3 Å². The number of hydrogen-bond acceptors (Lipinski definition) is 2. The van der Waals surface area contributed by atoms with Crippen LogP contribution in [0.2, 0.25) is 0 Å². The molecule has 2 heterocycles. The van der Waals surface area contributed by atoms with Crippen molar-refractivity contribution in [3.63, 3.8) is 0 Å². The van der Waals surface area contributed by atoms with Crippen LogP contribution >= 0.6 is 0 Å². The maximum atomic E-state index is 7.25. The van der Waals surface area contributed by atoms with Crippen LogP contribution in [-0.2, 0) is 0 Å². The first-order valence-corrected chi connectivity index (χ1v) is 25.5. The smallest absolute Gasteiger partial charge is 0.143 e. The van der Waals surface area contributed by atoms with Gasteiger partial charge in [0.2, 0.25) is 0 Å². The maximum absolute atomic E-state index is 7.25. The molecule has 2 heteroatoms. The normalized spacial score (nSPS) is 12.1. The Bertz CT molecular complexity index is 4890. The summed E-state index contributed by atoms with van der Waals surface area (Å²) in [4.78, 5) is 0. The number of hydrogen-bond donors (Lipinski definition) is 0. The molecule has 16 aromatic rings. The average Bonchev–Trinajstić information content (AvgIpc) is 4.08. The molecule has 0 unspecified atom stereocenters. The summed E-state index contributed by atoms with van der Waals surface area (Å²) in [5, 5.41) is 18.5. The Morgan fingerprint density at radius 3 is 1.08 bits per heavy atom. The van der Waals surface area contributed by atoms with Crippen LogP contribution in [-0.4, -0.2) is 0 Å². The van der Waals surface area contributed by atoms with Crippen molar-refractivity contribution >= 4 is 109 Å². The quantitative estimate of drug-likeness (QED) is 0.161. The number of fused-ring (bicyclic) bond motifs is 14. The third kappa shape index (κ3) is 5.88. The Hall–Kier alpha value is -9.76. The Morgan fingerprint density at radius 2 is 0.568 bits per heavy atom. The third-order valence-corrected chi connectivity index (χ3v) is 15.8. The van der Waals surface area contributed by atoms with Crippen LogP contribution in [0.4, 0.5) is 0 Å². The minimum Gasteiger partial charge on any atom is -0.455 e. The van der Waals surface area contributed by atoms with Crippen molar-refractivity contribution in [1.29, 1.82) is 0 Å². The highest BCUT2D eigenvalue weighted by Gasteiger charge is 2.27. The first kappa shape index (κ1) is 40.9. The summed E-state index contributed by atoms with van der Waals surface area (Å²) in [6.07, 6.45) is 0.